The highest BCUT2D eigenvalue weighted by molar-refractivity contribution is 5.74. The summed E-state index contributed by atoms with van der Waals surface area (Å²) < 4.78 is 5.70. The molecule has 7 heteroatoms. The monoisotopic (exact) mass is 293 g/mol. The summed E-state index contributed by atoms with van der Waals surface area (Å²) in [7, 11) is 0. The number of nitrogens with one attached hydrogen (secondary N) is 1. The van der Waals surface area contributed by atoms with Crippen LogP contribution >= 0.6 is 0 Å². The van der Waals surface area contributed by atoms with Crippen molar-refractivity contribution in [3.63, 3.8) is 0 Å². The highest BCUT2D eigenvalue weighted by Crippen LogP contribution is 2.15. The number of carbonyl (C=O) groups is 2. The fraction of sp³-hybridized carbons (Fsp3) is 0.500. The molecule has 0 spiro atoms. The predicted molar refractivity (Wildman–Crippen MR) is 75.1 cm³/mol. The number of ether oxygens (including phenoxy) is 1. The van der Waals surface area contributed by atoms with Gasteiger partial charge in [0.05, 0.1) is 6.54 Å². The first-order valence-corrected chi connectivity index (χ1v) is 6.97. The number of carboxylic acid groups (broad SMARTS) is 1. The van der Waals surface area contributed by atoms with E-state index in [-0.39, 0.29) is 18.6 Å². The molecule has 1 fully saturated rings. The highest BCUT2D eigenvalue weighted by Gasteiger charge is 2.27. The SMILES string of the molecule is O=C(O)CCCNC(=O)N1CCC(Oc2ccccn2)C1. The second-order valence-electron chi connectivity index (χ2n) is 4.87. The number of aliphatic carboxylic acids is 1. The summed E-state index contributed by atoms with van der Waals surface area (Å²) in [5.74, 6) is -0.291. The van der Waals surface area contributed by atoms with Crippen LogP contribution in [0.5, 0.6) is 5.88 Å². The Hall–Kier alpha value is -2.31. The van der Waals surface area contributed by atoms with E-state index in [4.69, 9.17) is 9.84 Å². The van der Waals surface area contributed by atoms with Crippen LogP contribution in [0.4, 0.5) is 4.79 Å². The van der Waals surface area contributed by atoms with E-state index in [1.165, 1.54) is 0 Å². The van der Waals surface area contributed by atoms with Gasteiger partial charge in [0, 0.05) is 38.2 Å². The molecule has 2 amide bonds. The Bertz CT molecular complexity index is 480. The molecule has 0 aliphatic carbocycles. The Kier molecular flexibility index (Phi) is 5.36. The molecule has 21 heavy (non-hydrogen) atoms. The van der Waals surface area contributed by atoms with Crippen molar-refractivity contribution in [2.45, 2.75) is 25.4 Å². The van der Waals surface area contributed by atoms with Gasteiger partial charge >= 0.3 is 12.0 Å². The van der Waals surface area contributed by atoms with E-state index in [0.717, 1.165) is 6.42 Å². The van der Waals surface area contributed by atoms with Crippen LogP contribution in [0.2, 0.25) is 0 Å². The highest BCUT2D eigenvalue weighted by atomic mass is 16.5. The Morgan fingerprint density at radius 3 is 3.05 bits per heavy atom. The minimum absolute atomic E-state index is 0.0512. The van der Waals surface area contributed by atoms with Gasteiger partial charge in [-0.05, 0) is 12.5 Å². The lowest BCUT2D eigenvalue weighted by Crippen LogP contribution is -2.39. The van der Waals surface area contributed by atoms with Gasteiger partial charge in [0.2, 0.25) is 5.88 Å². The number of aromatic nitrogens is 1. The molecule has 0 radical (unpaired) electrons. The topological polar surface area (TPSA) is 91.8 Å². The van der Waals surface area contributed by atoms with E-state index >= 15 is 0 Å². The quantitative estimate of drug-likeness (QED) is 0.767. The van der Waals surface area contributed by atoms with E-state index in [9.17, 15) is 9.59 Å². The van der Waals surface area contributed by atoms with Crippen LogP contribution in [0.1, 0.15) is 19.3 Å². The summed E-state index contributed by atoms with van der Waals surface area (Å²) in [6.07, 6.45) is 2.87. The Balaban J connectivity index is 1.69. The summed E-state index contributed by atoms with van der Waals surface area (Å²) in [6, 6.07) is 5.28. The van der Waals surface area contributed by atoms with Crippen molar-refractivity contribution in [3.8, 4) is 5.88 Å². The molecule has 114 valence electrons. The molecule has 2 rings (SSSR count). The third-order valence-corrected chi connectivity index (χ3v) is 3.20. The first-order chi connectivity index (χ1) is 10.1. The average Bonchev–Trinajstić information content (AvgIpc) is 2.93. The second kappa shape index (κ2) is 7.47. The predicted octanol–water partition coefficient (Wildman–Crippen LogP) is 1.11. The third-order valence-electron chi connectivity index (χ3n) is 3.20. The van der Waals surface area contributed by atoms with Gasteiger partial charge in [0.15, 0.2) is 0 Å². The molecule has 1 atom stereocenters. The lowest BCUT2D eigenvalue weighted by molar-refractivity contribution is -0.137. The molecule has 1 aromatic heterocycles. The minimum Gasteiger partial charge on any atom is -0.481 e. The second-order valence-corrected chi connectivity index (χ2v) is 4.87. The van der Waals surface area contributed by atoms with E-state index in [1.54, 1.807) is 17.2 Å². The number of urea groups is 1. The van der Waals surface area contributed by atoms with Crippen LogP contribution in [0.3, 0.4) is 0 Å². The van der Waals surface area contributed by atoms with Gasteiger partial charge in [-0.25, -0.2) is 9.78 Å². The first kappa shape index (κ1) is 15.1. The number of likely N-dealkylation sites (tertiary alicyclic amines) is 1. The summed E-state index contributed by atoms with van der Waals surface area (Å²) in [5, 5.41) is 11.2. The number of amides is 2. The van der Waals surface area contributed by atoms with Crippen LogP contribution in [-0.2, 0) is 4.79 Å². The maximum atomic E-state index is 11.9. The van der Waals surface area contributed by atoms with Crippen LogP contribution < -0.4 is 10.1 Å². The molecule has 1 aromatic rings. The van der Waals surface area contributed by atoms with Crippen molar-refractivity contribution in [1.29, 1.82) is 0 Å². The largest absolute Gasteiger partial charge is 0.481 e. The zero-order valence-electron chi connectivity index (χ0n) is 11.7. The van der Waals surface area contributed by atoms with Gasteiger partial charge in [-0.2, -0.15) is 0 Å². The van der Waals surface area contributed by atoms with Gasteiger partial charge in [-0.1, -0.05) is 6.07 Å². The van der Waals surface area contributed by atoms with E-state index in [2.05, 4.69) is 10.3 Å². The molecular formula is C14H19N3O4. The van der Waals surface area contributed by atoms with E-state index in [0.29, 0.717) is 31.9 Å². The van der Waals surface area contributed by atoms with Gasteiger partial charge in [0.25, 0.3) is 0 Å². The molecule has 2 N–H and O–H groups in total. The number of rotatable bonds is 6. The standard InChI is InChI=1S/C14H19N3O4/c18-13(19)5-3-8-16-14(20)17-9-6-11(10-17)21-12-4-1-2-7-15-12/h1-2,4,7,11H,3,5-6,8-10H2,(H,16,20)(H,18,19). The van der Waals surface area contributed by atoms with Crippen molar-refractivity contribution >= 4 is 12.0 Å². The summed E-state index contributed by atoms with van der Waals surface area (Å²) in [6.45, 7) is 1.51. The van der Waals surface area contributed by atoms with E-state index < -0.39 is 5.97 Å². The Labute approximate surface area is 122 Å². The summed E-state index contributed by atoms with van der Waals surface area (Å²) >= 11 is 0. The van der Waals surface area contributed by atoms with Crippen molar-refractivity contribution < 1.29 is 19.4 Å². The molecule has 7 nitrogen and oxygen atoms in total. The summed E-state index contributed by atoms with van der Waals surface area (Å²) in [4.78, 5) is 28.0. The first-order valence-electron chi connectivity index (χ1n) is 6.97. The van der Waals surface area contributed by atoms with Crippen LogP contribution in [-0.4, -0.2) is 52.7 Å². The third kappa shape index (κ3) is 4.94. The van der Waals surface area contributed by atoms with Gasteiger partial charge in [-0.3, -0.25) is 4.79 Å². The van der Waals surface area contributed by atoms with Gasteiger partial charge in [-0.15, -0.1) is 0 Å². The Morgan fingerprint density at radius 2 is 2.33 bits per heavy atom. The van der Waals surface area contributed by atoms with Crippen LogP contribution in [0.15, 0.2) is 24.4 Å². The molecule has 0 aromatic carbocycles. The molecule has 1 aliphatic rings. The molecule has 0 saturated carbocycles. The number of pyridine rings is 1. The average molecular weight is 293 g/mol. The lowest BCUT2D eigenvalue weighted by atomic mass is 10.3. The molecule has 1 saturated heterocycles. The van der Waals surface area contributed by atoms with Crippen molar-refractivity contribution in [1.82, 2.24) is 15.2 Å². The Morgan fingerprint density at radius 1 is 1.48 bits per heavy atom. The fourth-order valence-electron chi connectivity index (χ4n) is 2.14. The molecular weight excluding hydrogens is 274 g/mol. The maximum Gasteiger partial charge on any atom is 0.317 e. The fourth-order valence-corrected chi connectivity index (χ4v) is 2.14. The summed E-state index contributed by atoms with van der Waals surface area (Å²) in [5.41, 5.74) is 0. The van der Waals surface area contributed by atoms with E-state index in [1.807, 2.05) is 12.1 Å². The smallest absolute Gasteiger partial charge is 0.317 e. The lowest BCUT2D eigenvalue weighted by Gasteiger charge is -2.17. The molecule has 0 bridgehead atoms. The number of hydrogen-bond donors (Lipinski definition) is 2. The number of nitrogens with zero attached hydrogens (tertiary/aromatic N) is 2. The van der Waals surface area contributed by atoms with Crippen molar-refractivity contribution in [2.24, 2.45) is 0 Å². The zero-order chi connectivity index (χ0) is 15.1. The maximum absolute atomic E-state index is 11.9. The van der Waals surface area contributed by atoms with Gasteiger partial charge in [0.1, 0.15) is 6.10 Å². The van der Waals surface area contributed by atoms with Crippen molar-refractivity contribution in [2.75, 3.05) is 19.6 Å². The molecule has 1 unspecified atom stereocenters. The molecule has 2 heterocycles. The number of carbonyl (C=O) groups excluding carboxylic acids is 1. The normalized spacial score (nSPS) is 17.5. The van der Waals surface area contributed by atoms with Crippen molar-refractivity contribution in [3.05, 3.63) is 24.4 Å². The minimum atomic E-state index is -0.853. The van der Waals surface area contributed by atoms with Gasteiger partial charge < -0.3 is 20.1 Å². The number of carboxylic acids is 1. The molecule has 1 aliphatic heterocycles. The van der Waals surface area contributed by atoms with Crippen LogP contribution in [0, 0.1) is 0 Å². The zero-order valence-corrected chi connectivity index (χ0v) is 11.7. The number of hydrogen-bond acceptors (Lipinski definition) is 4. The van der Waals surface area contributed by atoms with Crippen LogP contribution in [0.25, 0.3) is 0 Å².